The Morgan fingerprint density at radius 2 is 1.46 bits per heavy atom. The fourth-order valence-corrected chi connectivity index (χ4v) is 10.2. The summed E-state index contributed by atoms with van der Waals surface area (Å²) in [7, 11) is 0. The van der Waals surface area contributed by atoms with Crippen molar-refractivity contribution in [2.75, 3.05) is 5.75 Å². The average Bonchev–Trinajstić information content (AvgIpc) is 3.49. The van der Waals surface area contributed by atoms with Crippen LogP contribution in [0.25, 0.3) is 4.91 Å². The summed E-state index contributed by atoms with van der Waals surface area (Å²) in [5.74, 6) is 1.10. The van der Waals surface area contributed by atoms with Crippen LogP contribution in [0.5, 0.6) is 0 Å². The Balaban J connectivity index is 1.24. The summed E-state index contributed by atoms with van der Waals surface area (Å²) >= 11 is 1.80. The second kappa shape index (κ2) is 9.13. The van der Waals surface area contributed by atoms with Gasteiger partial charge in [-0.1, -0.05) is 112 Å². The zero-order chi connectivity index (χ0) is 26.8. The van der Waals surface area contributed by atoms with E-state index >= 15 is 0 Å². The maximum atomic E-state index is 14.4. The molecule has 3 aliphatic carbocycles. The largest absolute Gasteiger partial charge is 0.461 e. The summed E-state index contributed by atoms with van der Waals surface area (Å²) in [6.07, 6.45) is 6.70. The third kappa shape index (κ3) is 3.72. The summed E-state index contributed by atoms with van der Waals surface area (Å²) < 4.78 is 6.90. The van der Waals surface area contributed by atoms with Gasteiger partial charge >= 0.3 is 5.97 Å². The first kappa shape index (κ1) is 25.2. The van der Waals surface area contributed by atoms with Crippen LogP contribution in [0.15, 0.2) is 91.0 Å². The van der Waals surface area contributed by atoms with Crippen molar-refractivity contribution in [3.8, 4) is 0 Å². The van der Waals surface area contributed by atoms with Gasteiger partial charge in [0.05, 0.1) is 5.92 Å². The van der Waals surface area contributed by atoms with E-state index in [-0.39, 0.29) is 40.2 Å². The Kier molecular flexibility index (Phi) is 5.90. The van der Waals surface area contributed by atoms with Crippen molar-refractivity contribution in [1.82, 2.24) is 0 Å². The average molecular weight is 535 g/mol. The van der Waals surface area contributed by atoms with Crippen molar-refractivity contribution < 1.29 is 9.53 Å². The molecular formula is C36H38O2S. The van der Waals surface area contributed by atoms with Gasteiger partial charge in [0.15, 0.2) is 0 Å². The van der Waals surface area contributed by atoms with Gasteiger partial charge in [-0.2, -0.15) is 0 Å². The molecule has 2 nitrogen and oxygen atoms in total. The zero-order valence-corrected chi connectivity index (χ0v) is 24.0. The minimum atomic E-state index is -0.198. The van der Waals surface area contributed by atoms with Gasteiger partial charge in [-0.25, -0.2) is 0 Å². The van der Waals surface area contributed by atoms with Crippen LogP contribution in [-0.4, -0.2) is 17.8 Å². The number of rotatable bonds is 4. The first-order valence-electron chi connectivity index (χ1n) is 14.6. The second-order valence-electron chi connectivity index (χ2n) is 13.2. The van der Waals surface area contributed by atoms with Gasteiger partial charge in [0.25, 0.3) is 0 Å². The van der Waals surface area contributed by atoms with Gasteiger partial charge in [-0.3, -0.25) is 4.79 Å². The minimum absolute atomic E-state index is 0.00490. The van der Waals surface area contributed by atoms with E-state index in [9.17, 15) is 4.79 Å². The maximum absolute atomic E-state index is 14.4. The fourth-order valence-electron chi connectivity index (χ4n) is 8.99. The molecule has 2 saturated carbocycles. The molecule has 7 rings (SSSR count). The predicted molar refractivity (Wildman–Crippen MR) is 160 cm³/mol. The van der Waals surface area contributed by atoms with E-state index in [0.29, 0.717) is 5.92 Å². The number of fused-ring (bicyclic) bond motifs is 4. The molecule has 1 aliphatic heterocycles. The highest BCUT2D eigenvalue weighted by Gasteiger charge is 2.74. The quantitative estimate of drug-likeness (QED) is 0.315. The van der Waals surface area contributed by atoms with Gasteiger partial charge in [0.2, 0.25) is 0 Å². The number of carbonyl (C=O) groups is 1. The van der Waals surface area contributed by atoms with Crippen LogP contribution in [0.1, 0.15) is 61.8 Å². The van der Waals surface area contributed by atoms with Gasteiger partial charge in [0.1, 0.15) is 6.10 Å². The highest BCUT2D eigenvalue weighted by atomic mass is 32.2. The number of thioether (sulfide) groups is 1. The van der Waals surface area contributed by atoms with Crippen LogP contribution >= 0.6 is 11.8 Å². The predicted octanol–water partition coefficient (Wildman–Crippen LogP) is 8.33. The molecule has 200 valence electrons. The van der Waals surface area contributed by atoms with Crippen LogP contribution in [0.2, 0.25) is 0 Å². The van der Waals surface area contributed by atoms with E-state index in [4.69, 9.17) is 4.74 Å². The topological polar surface area (TPSA) is 26.3 Å². The Hall–Kier alpha value is -2.78. The van der Waals surface area contributed by atoms with Crippen LogP contribution in [0.3, 0.4) is 0 Å². The Labute approximate surface area is 237 Å². The molecule has 2 bridgehead atoms. The molecule has 0 aromatic heterocycles. The molecule has 2 fully saturated rings. The Morgan fingerprint density at radius 1 is 0.846 bits per heavy atom. The lowest BCUT2D eigenvalue weighted by molar-refractivity contribution is -0.172. The van der Waals surface area contributed by atoms with Gasteiger partial charge < -0.3 is 4.74 Å². The number of hydrogen-bond acceptors (Lipinski definition) is 3. The van der Waals surface area contributed by atoms with Crippen LogP contribution in [0.4, 0.5) is 0 Å². The van der Waals surface area contributed by atoms with Crippen LogP contribution < -0.4 is 0 Å². The van der Waals surface area contributed by atoms with Gasteiger partial charge in [-0.05, 0) is 59.3 Å². The van der Waals surface area contributed by atoms with E-state index in [1.165, 1.54) is 33.6 Å². The lowest BCUT2D eigenvalue weighted by Gasteiger charge is -2.45. The third-order valence-corrected chi connectivity index (χ3v) is 12.4. The first-order chi connectivity index (χ1) is 18.8. The summed E-state index contributed by atoms with van der Waals surface area (Å²) in [4.78, 5) is 15.6. The molecule has 1 heterocycles. The highest BCUT2D eigenvalue weighted by molar-refractivity contribution is 8.08. The first-order valence-corrected chi connectivity index (χ1v) is 15.5. The lowest BCUT2D eigenvalue weighted by atomic mass is 9.66. The Morgan fingerprint density at radius 3 is 2.13 bits per heavy atom. The van der Waals surface area contributed by atoms with E-state index in [1.54, 1.807) is 11.8 Å². The van der Waals surface area contributed by atoms with Crippen molar-refractivity contribution in [2.45, 2.75) is 58.5 Å². The molecule has 5 atom stereocenters. The summed E-state index contributed by atoms with van der Waals surface area (Å²) in [5, 5.41) is 0. The SMILES string of the molecule is CC1(C)[C@@H]2CC[C@@]1(C)[C@@H](OC(=O)[C@H]1CSC(c3ccccc3)=C[C@H]1c1ccccc1)C21Cc2ccccc2C1. The normalized spacial score (nSPS) is 31.6. The molecular weight excluding hydrogens is 496 g/mol. The molecule has 39 heavy (non-hydrogen) atoms. The molecule has 4 aliphatic rings. The number of carbonyl (C=O) groups excluding carboxylic acids is 1. The fraction of sp³-hybridized carbons (Fsp3) is 0.417. The summed E-state index contributed by atoms with van der Waals surface area (Å²) in [6, 6.07) is 30.0. The smallest absolute Gasteiger partial charge is 0.311 e. The van der Waals surface area contributed by atoms with E-state index in [2.05, 4.69) is 112 Å². The van der Waals surface area contributed by atoms with Crippen molar-refractivity contribution in [2.24, 2.45) is 28.1 Å². The molecule has 0 amide bonds. The molecule has 0 N–H and O–H groups in total. The van der Waals surface area contributed by atoms with Crippen LogP contribution in [-0.2, 0) is 22.4 Å². The number of esters is 1. The summed E-state index contributed by atoms with van der Waals surface area (Å²) in [6.45, 7) is 7.31. The third-order valence-electron chi connectivity index (χ3n) is 11.2. The molecule has 3 heteroatoms. The zero-order valence-electron chi connectivity index (χ0n) is 23.2. The molecule has 0 saturated heterocycles. The molecule has 1 spiro atoms. The van der Waals surface area contributed by atoms with Crippen molar-refractivity contribution >= 4 is 22.6 Å². The standard InChI is InChI=1S/C36H38O2S/c1-34(2)31-18-19-35(34,3)33(36(31)21-26-16-10-11-17-27(26)22-36)38-32(37)29-23-39-30(25-14-8-5-9-15-25)20-28(29)24-12-6-4-7-13-24/h4-17,20,28-29,31,33H,18-19,21-23H2,1-3H3/t28-,29-,31-,33+,35-/m0/s1. The molecule has 0 unspecified atom stereocenters. The van der Waals surface area contributed by atoms with E-state index in [0.717, 1.165) is 25.0 Å². The lowest BCUT2D eigenvalue weighted by Crippen LogP contribution is -2.49. The number of ether oxygens (including phenoxy) is 1. The highest BCUT2D eigenvalue weighted by Crippen LogP contribution is 2.75. The van der Waals surface area contributed by atoms with Gasteiger partial charge in [0, 0.05) is 27.4 Å². The molecule has 3 aromatic rings. The van der Waals surface area contributed by atoms with Gasteiger partial charge in [-0.15, -0.1) is 11.8 Å². The molecule has 0 radical (unpaired) electrons. The second-order valence-corrected chi connectivity index (χ2v) is 14.2. The number of benzene rings is 3. The number of allylic oxidation sites excluding steroid dienone is 1. The minimum Gasteiger partial charge on any atom is -0.461 e. The van der Waals surface area contributed by atoms with Crippen molar-refractivity contribution in [3.05, 3.63) is 113 Å². The Bertz CT molecular complexity index is 1400. The van der Waals surface area contributed by atoms with Crippen molar-refractivity contribution in [3.63, 3.8) is 0 Å². The van der Waals surface area contributed by atoms with Crippen LogP contribution in [0, 0.1) is 28.1 Å². The molecule has 3 aromatic carbocycles. The monoisotopic (exact) mass is 534 g/mol. The van der Waals surface area contributed by atoms with Crippen molar-refractivity contribution in [1.29, 1.82) is 0 Å². The van der Waals surface area contributed by atoms with E-state index < -0.39 is 0 Å². The maximum Gasteiger partial charge on any atom is 0.311 e. The summed E-state index contributed by atoms with van der Waals surface area (Å²) in [5.41, 5.74) is 5.46. The number of hydrogen-bond donors (Lipinski definition) is 0. The van der Waals surface area contributed by atoms with E-state index in [1.807, 2.05) is 0 Å².